The van der Waals surface area contributed by atoms with Gasteiger partial charge in [0.2, 0.25) is 0 Å². The largest absolute Gasteiger partial charge is 3.00 e. The molecule has 0 aromatic heterocycles. The molecule has 0 spiro atoms. The Morgan fingerprint density at radius 1 is 0.947 bits per heavy atom. The Hall–Kier alpha value is 0.162. The van der Waals surface area contributed by atoms with E-state index in [4.69, 9.17) is 0 Å². The zero-order valence-electron chi connectivity index (χ0n) is 14.8. The molecule has 0 amide bonds. The van der Waals surface area contributed by atoms with E-state index in [0.717, 1.165) is 13.1 Å². The van der Waals surface area contributed by atoms with Crippen LogP contribution in [0, 0.1) is 19.3 Å². The zero-order chi connectivity index (χ0) is 15.4. The van der Waals surface area contributed by atoms with Gasteiger partial charge in [0, 0.05) is 6.54 Å². The van der Waals surface area contributed by atoms with E-state index in [9.17, 15) is 0 Å². The summed E-state index contributed by atoms with van der Waals surface area (Å²) in [5.74, 6) is 0. The molecule has 2 nitrogen and oxygen atoms in total. The fourth-order valence-electron chi connectivity index (χ4n) is 1.03. The van der Waals surface area contributed by atoms with Crippen molar-refractivity contribution in [1.82, 2.24) is 0 Å². The molecule has 0 aromatic carbocycles. The normalized spacial score (nSPS) is 11.4. The Balaban J connectivity index is -0.000000204. The smallest absolute Gasteiger partial charge is 0.653 e. The van der Waals surface area contributed by atoms with Gasteiger partial charge in [0.1, 0.15) is 0 Å². The summed E-state index contributed by atoms with van der Waals surface area (Å²) < 4.78 is 0. The van der Waals surface area contributed by atoms with E-state index in [0.29, 0.717) is 0 Å². The first-order valence-corrected chi connectivity index (χ1v) is 6.80. The Bertz CT molecular complexity index is 198. The van der Waals surface area contributed by atoms with Crippen LogP contribution >= 0.6 is 0 Å². The molecule has 3 heteroatoms. The molecule has 0 radical (unpaired) electrons. The van der Waals surface area contributed by atoms with Gasteiger partial charge in [0.15, 0.2) is 0 Å². The van der Waals surface area contributed by atoms with Crippen LogP contribution in [0.15, 0.2) is 4.99 Å². The maximum absolute atomic E-state index is 4.61. The summed E-state index contributed by atoms with van der Waals surface area (Å²) in [5.41, 5.74) is 1.39. The van der Waals surface area contributed by atoms with Crippen LogP contribution in [0.4, 0.5) is 0 Å². The van der Waals surface area contributed by atoms with Crippen molar-refractivity contribution in [1.29, 1.82) is 0 Å². The minimum absolute atomic E-state index is 0. The predicted molar refractivity (Wildman–Crippen MR) is 93.2 cm³/mol. The average Bonchev–Trinajstić information content (AvgIpc) is 2.27. The van der Waals surface area contributed by atoms with E-state index in [1.54, 1.807) is 13.8 Å². The van der Waals surface area contributed by atoms with E-state index >= 15 is 0 Å². The molecule has 0 atom stereocenters. The van der Waals surface area contributed by atoms with Gasteiger partial charge in [-0.05, 0) is 18.1 Å². The molecule has 0 saturated carbocycles. The quantitative estimate of drug-likeness (QED) is 0.397. The van der Waals surface area contributed by atoms with Crippen molar-refractivity contribution < 1.29 is 0 Å². The maximum atomic E-state index is 4.61. The third-order valence-electron chi connectivity index (χ3n) is 1.92. The summed E-state index contributed by atoms with van der Waals surface area (Å²) >= 11 is 0. The van der Waals surface area contributed by atoms with Crippen LogP contribution in [0.25, 0.3) is 5.32 Å². The van der Waals surface area contributed by atoms with Crippen molar-refractivity contribution in [2.75, 3.05) is 13.1 Å². The van der Waals surface area contributed by atoms with E-state index in [1.165, 1.54) is 5.71 Å². The molecule has 0 aliphatic rings. The fraction of sp³-hybridized carbons (Fsp3) is 0.812. The Labute approximate surface area is 134 Å². The van der Waals surface area contributed by atoms with Gasteiger partial charge in [0.25, 0.3) is 0 Å². The summed E-state index contributed by atoms with van der Waals surface area (Å²) in [6.45, 7) is 26.6. The van der Waals surface area contributed by atoms with Gasteiger partial charge in [0.05, 0.1) is 0 Å². The van der Waals surface area contributed by atoms with Crippen LogP contribution in [0.1, 0.15) is 62.3 Å². The standard InChI is InChI=1S/C12H25N2.2C2H5.Al/c1-8-13-10(11(2,3)4)9-14-12(5,6)7;2*1-2;/h8-9H2,1-7H3;2*1H2,2H3;/q3*-1;+3. The van der Waals surface area contributed by atoms with Crippen molar-refractivity contribution in [3.8, 4) is 0 Å². The van der Waals surface area contributed by atoms with Crippen LogP contribution in [-0.4, -0.2) is 41.7 Å². The van der Waals surface area contributed by atoms with Gasteiger partial charge in [-0.25, -0.2) is 0 Å². The van der Waals surface area contributed by atoms with Gasteiger partial charge < -0.3 is 19.2 Å². The van der Waals surface area contributed by atoms with Gasteiger partial charge >= 0.3 is 17.4 Å². The van der Waals surface area contributed by atoms with Crippen LogP contribution < -0.4 is 0 Å². The Morgan fingerprint density at radius 3 is 1.53 bits per heavy atom. The SMILES string of the molecule is CCN=C(C[N-]C(C)(C)C)C(C)(C)C.[Al+3].[CH2-]C.[CH2-]C. The number of rotatable bonds is 3. The molecule has 0 aliphatic carbocycles. The minimum atomic E-state index is 0. The summed E-state index contributed by atoms with van der Waals surface area (Å²) in [7, 11) is 0. The molecule has 0 aromatic rings. The van der Waals surface area contributed by atoms with Gasteiger partial charge in [-0.2, -0.15) is 13.8 Å². The number of hydrogen-bond donors (Lipinski definition) is 0. The predicted octanol–water partition coefficient (Wildman–Crippen LogP) is 4.97. The third kappa shape index (κ3) is 20.6. The maximum Gasteiger partial charge on any atom is 3.00 e. The molecule has 112 valence electrons. The number of nitrogens with zero attached hydrogens (tertiary/aromatic N) is 2. The van der Waals surface area contributed by atoms with Crippen molar-refractivity contribution in [3.63, 3.8) is 0 Å². The first kappa shape index (κ1) is 27.5. The zero-order valence-corrected chi connectivity index (χ0v) is 16.0. The van der Waals surface area contributed by atoms with Crippen LogP contribution in [0.3, 0.4) is 0 Å². The molecular formula is C16H35AlN2. The van der Waals surface area contributed by atoms with Gasteiger partial charge in [-0.3, -0.25) is 4.99 Å². The summed E-state index contributed by atoms with van der Waals surface area (Å²) in [6.07, 6.45) is 0. The molecule has 0 N–H and O–H groups in total. The molecule has 0 saturated heterocycles. The van der Waals surface area contributed by atoms with Crippen molar-refractivity contribution in [2.24, 2.45) is 10.4 Å². The molecule has 0 aliphatic heterocycles. The topological polar surface area (TPSA) is 26.5 Å². The molecule has 19 heavy (non-hydrogen) atoms. The van der Waals surface area contributed by atoms with Crippen LogP contribution in [0.5, 0.6) is 0 Å². The minimum Gasteiger partial charge on any atom is -0.653 e. The number of aliphatic imine (C=N–C) groups is 1. The molecule has 0 heterocycles. The monoisotopic (exact) mass is 282 g/mol. The van der Waals surface area contributed by atoms with Gasteiger partial charge in [-0.1, -0.05) is 41.5 Å². The second-order valence-electron chi connectivity index (χ2n) is 5.66. The average molecular weight is 282 g/mol. The van der Waals surface area contributed by atoms with E-state index < -0.39 is 0 Å². The third-order valence-corrected chi connectivity index (χ3v) is 1.92. The Kier molecular flexibility index (Phi) is 21.1. The van der Waals surface area contributed by atoms with E-state index in [-0.39, 0.29) is 28.3 Å². The van der Waals surface area contributed by atoms with E-state index in [1.807, 2.05) is 0 Å². The van der Waals surface area contributed by atoms with Crippen LogP contribution in [-0.2, 0) is 0 Å². The van der Waals surface area contributed by atoms with Crippen molar-refractivity contribution in [3.05, 3.63) is 19.2 Å². The first-order valence-electron chi connectivity index (χ1n) is 6.80. The van der Waals surface area contributed by atoms with E-state index in [2.05, 4.69) is 72.6 Å². The Morgan fingerprint density at radius 2 is 1.32 bits per heavy atom. The second-order valence-corrected chi connectivity index (χ2v) is 5.66. The fourth-order valence-corrected chi connectivity index (χ4v) is 1.03. The van der Waals surface area contributed by atoms with Crippen LogP contribution in [0.2, 0.25) is 0 Å². The second kappa shape index (κ2) is 14.6. The van der Waals surface area contributed by atoms with Crippen molar-refractivity contribution >= 4 is 23.1 Å². The molecule has 0 fully saturated rings. The first-order chi connectivity index (χ1) is 8.17. The molecule has 0 rings (SSSR count). The van der Waals surface area contributed by atoms with Crippen molar-refractivity contribution in [2.45, 2.75) is 67.9 Å². The summed E-state index contributed by atoms with van der Waals surface area (Å²) in [4.78, 5) is 4.52. The number of hydrogen-bond acceptors (Lipinski definition) is 1. The summed E-state index contributed by atoms with van der Waals surface area (Å²) in [6, 6.07) is 0. The van der Waals surface area contributed by atoms with Gasteiger partial charge in [-0.15, -0.1) is 12.1 Å². The molecular weight excluding hydrogens is 247 g/mol. The summed E-state index contributed by atoms with van der Waals surface area (Å²) in [5, 5.41) is 4.61. The molecule has 0 unspecified atom stereocenters. The molecule has 0 bridgehead atoms.